The molecule has 1 aliphatic heterocycles. The van der Waals surface area contributed by atoms with E-state index in [1.54, 1.807) is 13.1 Å². The average molecular weight is 354 g/mol. The molecule has 3 aromatic rings. The number of aromatic amines is 1. The van der Waals surface area contributed by atoms with Crippen LogP contribution in [-0.2, 0) is 11.8 Å². The molecule has 0 saturated carbocycles. The summed E-state index contributed by atoms with van der Waals surface area (Å²) >= 11 is 0. The number of aryl methyl sites for hydroxylation is 1. The van der Waals surface area contributed by atoms with E-state index in [1.807, 2.05) is 4.90 Å². The molecule has 4 heterocycles. The molecule has 1 aliphatic rings. The Kier molecular flexibility index (Phi) is 4.07. The molecule has 3 aromatic heterocycles. The van der Waals surface area contributed by atoms with E-state index < -0.39 is 0 Å². The number of aromatic nitrogens is 6. The second-order valence-electron chi connectivity index (χ2n) is 6.25. The van der Waals surface area contributed by atoms with Crippen LogP contribution in [0.2, 0.25) is 0 Å². The Bertz CT molecular complexity index is 1010. The molecule has 10 heteroatoms. The highest BCUT2D eigenvalue weighted by Crippen LogP contribution is 2.23. The summed E-state index contributed by atoms with van der Waals surface area (Å²) in [4.78, 5) is 41.4. The van der Waals surface area contributed by atoms with Crippen LogP contribution in [0.25, 0.3) is 11.2 Å². The van der Waals surface area contributed by atoms with E-state index in [0.717, 1.165) is 19.4 Å². The van der Waals surface area contributed by atoms with Crippen LogP contribution >= 0.6 is 0 Å². The highest BCUT2D eigenvalue weighted by Gasteiger charge is 2.27. The third kappa shape index (κ3) is 3.01. The van der Waals surface area contributed by atoms with Crippen molar-refractivity contribution < 1.29 is 4.79 Å². The van der Waals surface area contributed by atoms with Crippen molar-refractivity contribution in [2.24, 2.45) is 13.0 Å². The molecular weight excluding hydrogens is 336 g/mol. The van der Waals surface area contributed by atoms with Crippen molar-refractivity contribution in [2.75, 3.05) is 23.3 Å². The van der Waals surface area contributed by atoms with Gasteiger partial charge in [-0.05, 0) is 18.9 Å². The van der Waals surface area contributed by atoms with E-state index in [-0.39, 0.29) is 17.4 Å². The van der Waals surface area contributed by atoms with Crippen LogP contribution in [0.5, 0.6) is 0 Å². The maximum absolute atomic E-state index is 12.7. The number of imidazole rings is 1. The number of H-pyrrole nitrogens is 1. The Hall–Kier alpha value is -3.30. The van der Waals surface area contributed by atoms with Crippen LogP contribution in [0, 0.1) is 5.92 Å². The summed E-state index contributed by atoms with van der Waals surface area (Å²) in [5, 5.41) is 7.14. The topological polar surface area (TPSA) is 122 Å². The number of hydrogen-bond acceptors (Lipinski definition) is 7. The maximum Gasteiger partial charge on any atom is 0.266 e. The maximum atomic E-state index is 12.7. The monoisotopic (exact) mass is 354 g/mol. The van der Waals surface area contributed by atoms with E-state index in [9.17, 15) is 9.59 Å². The van der Waals surface area contributed by atoms with Crippen LogP contribution in [0.1, 0.15) is 12.8 Å². The fourth-order valence-electron chi connectivity index (χ4n) is 3.14. The van der Waals surface area contributed by atoms with Crippen molar-refractivity contribution >= 4 is 28.7 Å². The molecule has 1 fully saturated rings. The summed E-state index contributed by atoms with van der Waals surface area (Å²) in [7, 11) is 1.62. The van der Waals surface area contributed by atoms with Gasteiger partial charge in [-0.25, -0.2) is 19.6 Å². The van der Waals surface area contributed by atoms with Gasteiger partial charge >= 0.3 is 0 Å². The molecule has 0 spiro atoms. The second-order valence-corrected chi connectivity index (χ2v) is 6.25. The van der Waals surface area contributed by atoms with Gasteiger partial charge in [-0.3, -0.25) is 9.59 Å². The molecule has 134 valence electrons. The van der Waals surface area contributed by atoms with Gasteiger partial charge in [0.15, 0.2) is 11.5 Å². The van der Waals surface area contributed by atoms with E-state index in [2.05, 4.69) is 30.4 Å². The number of rotatable bonds is 3. The number of amides is 1. The number of piperidine rings is 1. The van der Waals surface area contributed by atoms with E-state index in [4.69, 9.17) is 0 Å². The second kappa shape index (κ2) is 6.54. The summed E-state index contributed by atoms with van der Waals surface area (Å²) in [6.45, 7) is 1.33. The first-order valence-electron chi connectivity index (χ1n) is 8.36. The highest BCUT2D eigenvalue weighted by molar-refractivity contribution is 5.98. The molecule has 1 amide bonds. The van der Waals surface area contributed by atoms with Crippen LogP contribution in [-0.4, -0.2) is 48.7 Å². The van der Waals surface area contributed by atoms with Gasteiger partial charge in [0, 0.05) is 26.2 Å². The van der Waals surface area contributed by atoms with E-state index in [1.165, 1.54) is 23.4 Å². The Labute approximate surface area is 148 Å². The smallest absolute Gasteiger partial charge is 0.266 e. The first-order valence-corrected chi connectivity index (χ1v) is 8.36. The van der Waals surface area contributed by atoms with Gasteiger partial charge in [0.05, 0.1) is 12.2 Å². The fourth-order valence-corrected chi connectivity index (χ4v) is 3.14. The molecule has 0 aromatic carbocycles. The lowest BCUT2D eigenvalue weighted by Crippen LogP contribution is -2.41. The van der Waals surface area contributed by atoms with Gasteiger partial charge in [0.1, 0.15) is 17.7 Å². The quantitative estimate of drug-likeness (QED) is 0.694. The zero-order valence-electron chi connectivity index (χ0n) is 14.2. The zero-order valence-corrected chi connectivity index (χ0v) is 14.2. The lowest BCUT2D eigenvalue weighted by atomic mass is 9.97. The molecule has 0 radical (unpaired) electrons. The lowest BCUT2D eigenvalue weighted by Gasteiger charge is -2.32. The number of anilines is 2. The van der Waals surface area contributed by atoms with Gasteiger partial charge in [-0.1, -0.05) is 0 Å². The first-order chi connectivity index (χ1) is 12.6. The minimum atomic E-state index is -0.198. The van der Waals surface area contributed by atoms with Crippen molar-refractivity contribution in [1.82, 2.24) is 29.7 Å². The van der Waals surface area contributed by atoms with Gasteiger partial charge in [-0.2, -0.15) is 5.10 Å². The molecule has 0 bridgehead atoms. The predicted octanol–water partition coefficient (Wildman–Crippen LogP) is 0.302. The summed E-state index contributed by atoms with van der Waals surface area (Å²) in [5.41, 5.74) is 0.954. The molecule has 10 nitrogen and oxygen atoms in total. The molecule has 4 rings (SSSR count). The minimum absolute atomic E-state index is 0.103. The van der Waals surface area contributed by atoms with Gasteiger partial charge in [-0.15, -0.1) is 0 Å². The number of hydrogen-bond donors (Lipinski definition) is 2. The summed E-state index contributed by atoms with van der Waals surface area (Å²) in [5.74, 6) is 0.822. The molecule has 1 saturated heterocycles. The van der Waals surface area contributed by atoms with Crippen LogP contribution in [0.15, 0.2) is 29.6 Å². The summed E-state index contributed by atoms with van der Waals surface area (Å²) in [6, 6.07) is 3.18. The molecular formula is C16H18N8O2. The number of nitrogens with zero attached hydrogens (tertiary/aromatic N) is 6. The van der Waals surface area contributed by atoms with Crippen molar-refractivity contribution in [2.45, 2.75) is 12.8 Å². The standard InChI is InChI=1S/C16H18N8O2/c1-23-12(25)5-4-11(22-23)24-6-2-3-10(7-24)16(26)21-15-13-14(18-8-17-13)19-9-20-15/h4-5,8-10H,2-3,6-7H2,1H3,(H2,17,18,19,20,21,26)/t10-/m0/s1. The Morgan fingerprint density at radius 1 is 1.31 bits per heavy atom. The van der Waals surface area contributed by atoms with Crippen molar-refractivity contribution in [3.63, 3.8) is 0 Å². The molecule has 2 N–H and O–H groups in total. The number of carbonyl (C=O) groups is 1. The fraction of sp³-hybridized carbons (Fsp3) is 0.375. The van der Waals surface area contributed by atoms with Crippen LogP contribution in [0.4, 0.5) is 11.6 Å². The number of fused-ring (bicyclic) bond motifs is 1. The molecule has 0 unspecified atom stereocenters. The van der Waals surface area contributed by atoms with Crippen LogP contribution in [0.3, 0.4) is 0 Å². The molecule has 26 heavy (non-hydrogen) atoms. The molecule has 0 aliphatic carbocycles. The zero-order chi connectivity index (χ0) is 18.1. The van der Waals surface area contributed by atoms with Crippen molar-refractivity contribution in [3.05, 3.63) is 35.1 Å². The van der Waals surface area contributed by atoms with E-state index >= 15 is 0 Å². The van der Waals surface area contributed by atoms with Crippen molar-refractivity contribution in [1.29, 1.82) is 0 Å². The van der Waals surface area contributed by atoms with Gasteiger partial charge in [0.2, 0.25) is 5.91 Å². The normalized spacial score (nSPS) is 17.4. The Morgan fingerprint density at radius 2 is 2.19 bits per heavy atom. The van der Waals surface area contributed by atoms with Crippen LogP contribution < -0.4 is 15.8 Å². The number of carbonyl (C=O) groups excluding carboxylic acids is 1. The van der Waals surface area contributed by atoms with E-state index in [0.29, 0.717) is 29.3 Å². The first kappa shape index (κ1) is 16.2. The third-order valence-electron chi connectivity index (χ3n) is 4.53. The summed E-state index contributed by atoms with van der Waals surface area (Å²) in [6.07, 6.45) is 4.54. The molecule has 1 atom stereocenters. The average Bonchev–Trinajstić information content (AvgIpc) is 3.14. The SMILES string of the molecule is Cn1nc(N2CCC[C@H](C(=O)Nc3ncnc4nc[nH]c34)C2)ccc1=O. The predicted molar refractivity (Wildman–Crippen MR) is 94.7 cm³/mol. The van der Waals surface area contributed by atoms with Gasteiger partial charge in [0.25, 0.3) is 5.56 Å². The van der Waals surface area contributed by atoms with Gasteiger partial charge < -0.3 is 15.2 Å². The van der Waals surface area contributed by atoms with Crippen molar-refractivity contribution in [3.8, 4) is 0 Å². The minimum Gasteiger partial charge on any atom is -0.354 e. The highest BCUT2D eigenvalue weighted by atomic mass is 16.2. The largest absolute Gasteiger partial charge is 0.354 e. The third-order valence-corrected chi connectivity index (χ3v) is 4.53. The number of nitrogens with one attached hydrogen (secondary N) is 2. The summed E-state index contributed by atoms with van der Waals surface area (Å²) < 4.78 is 1.30. The lowest BCUT2D eigenvalue weighted by molar-refractivity contribution is -0.120. The Morgan fingerprint density at radius 3 is 3.04 bits per heavy atom. The Balaban J connectivity index is 1.50.